The summed E-state index contributed by atoms with van der Waals surface area (Å²) in [6.45, 7) is 3.48. The number of amides is 1. The third-order valence-corrected chi connectivity index (χ3v) is 3.14. The molecule has 1 amide bonds. The molecule has 1 rings (SSSR count). The van der Waals surface area contributed by atoms with Crippen LogP contribution in [-0.2, 0) is 30.3 Å². The smallest absolute Gasteiger partial charge is 0.340 e. The van der Waals surface area contributed by atoms with E-state index in [4.69, 9.17) is 9.47 Å². The van der Waals surface area contributed by atoms with E-state index in [0.29, 0.717) is 0 Å². The molecule has 0 spiro atoms. The summed E-state index contributed by atoms with van der Waals surface area (Å²) in [5.74, 6) is -2.06. The van der Waals surface area contributed by atoms with Gasteiger partial charge in [0.2, 0.25) is 11.9 Å². The van der Waals surface area contributed by atoms with Gasteiger partial charge in [-0.1, -0.05) is 6.07 Å². The van der Waals surface area contributed by atoms with Crippen LogP contribution in [0.15, 0.2) is 17.5 Å². The van der Waals surface area contributed by atoms with Crippen molar-refractivity contribution in [3.05, 3.63) is 22.4 Å². The number of hydrogen-bond donors (Lipinski definition) is 1. The first-order valence-corrected chi connectivity index (χ1v) is 7.11. The van der Waals surface area contributed by atoms with Crippen LogP contribution in [-0.4, -0.2) is 37.1 Å². The SMILES string of the molecule is CCOC(=O)C(NC(=O)Cc1cccs1)C(=O)OCC. The second kappa shape index (κ2) is 8.31. The largest absolute Gasteiger partial charge is 0.464 e. The molecule has 1 N–H and O–H groups in total. The Balaban J connectivity index is 2.65. The first-order valence-electron chi connectivity index (χ1n) is 6.23. The zero-order valence-electron chi connectivity index (χ0n) is 11.4. The lowest BCUT2D eigenvalue weighted by Gasteiger charge is -2.15. The zero-order chi connectivity index (χ0) is 15.0. The van der Waals surface area contributed by atoms with Gasteiger partial charge in [0.05, 0.1) is 19.6 Å². The van der Waals surface area contributed by atoms with Gasteiger partial charge in [-0.2, -0.15) is 0 Å². The van der Waals surface area contributed by atoms with E-state index >= 15 is 0 Å². The maximum Gasteiger partial charge on any atom is 0.340 e. The summed E-state index contributed by atoms with van der Waals surface area (Å²) < 4.78 is 9.51. The third-order valence-electron chi connectivity index (χ3n) is 2.26. The molecule has 0 aliphatic heterocycles. The topological polar surface area (TPSA) is 81.7 Å². The first kappa shape index (κ1) is 16.2. The second-order valence-electron chi connectivity index (χ2n) is 3.76. The quantitative estimate of drug-likeness (QED) is 0.597. The van der Waals surface area contributed by atoms with E-state index in [9.17, 15) is 14.4 Å². The van der Waals surface area contributed by atoms with Crippen LogP contribution in [0.2, 0.25) is 0 Å². The summed E-state index contributed by atoms with van der Waals surface area (Å²) in [4.78, 5) is 36.0. The highest BCUT2D eigenvalue weighted by Crippen LogP contribution is 2.09. The number of carbonyl (C=O) groups is 3. The Morgan fingerprint density at radius 2 is 1.80 bits per heavy atom. The van der Waals surface area contributed by atoms with Crippen molar-refractivity contribution >= 4 is 29.2 Å². The highest BCUT2D eigenvalue weighted by atomic mass is 32.1. The summed E-state index contributed by atoms with van der Waals surface area (Å²) in [6.07, 6.45) is 0.104. The number of ether oxygens (including phenoxy) is 2. The van der Waals surface area contributed by atoms with Crippen molar-refractivity contribution in [1.82, 2.24) is 5.32 Å². The molecule has 0 atom stereocenters. The minimum absolute atomic E-state index is 0.104. The molecule has 0 saturated carbocycles. The van der Waals surface area contributed by atoms with Gasteiger partial charge < -0.3 is 14.8 Å². The molecule has 0 saturated heterocycles. The van der Waals surface area contributed by atoms with E-state index < -0.39 is 23.9 Å². The van der Waals surface area contributed by atoms with Crippen molar-refractivity contribution in [1.29, 1.82) is 0 Å². The van der Waals surface area contributed by atoms with Crippen molar-refractivity contribution in [2.45, 2.75) is 26.3 Å². The van der Waals surface area contributed by atoms with Gasteiger partial charge in [-0.3, -0.25) is 4.79 Å². The maximum atomic E-state index is 11.8. The number of rotatable bonds is 7. The fraction of sp³-hybridized carbons (Fsp3) is 0.462. The van der Waals surface area contributed by atoms with Crippen LogP contribution < -0.4 is 5.32 Å². The van der Waals surface area contributed by atoms with Gasteiger partial charge in [0.15, 0.2) is 0 Å². The normalized spacial score (nSPS) is 10.2. The molecule has 20 heavy (non-hydrogen) atoms. The van der Waals surface area contributed by atoms with Crippen molar-refractivity contribution in [3.63, 3.8) is 0 Å². The molecule has 7 heteroatoms. The molecule has 0 aromatic carbocycles. The minimum Gasteiger partial charge on any atom is -0.464 e. The number of hydrogen-bond acceptors (Lipinski definition) is 6. The van der Waals surface area contributed by atoms with Crippen molar-refractivity contribution in [3.8, 4) is 0 Å². The van der Waals surface area contributed by atoms with E-state index in [1.165, 1.54) is 11.3 Å². The molecule has 0 aliphatic carbocycles. The Morgan fingerprint density at radius 1 is 1.20 bits per heavy atom. The molecule has 0 radical (unpaired) electrons. The average Bonchev–Trinajstić information content (AvgIpc) is 2.89. The summed E-state index contributed by atoms with van der Waals surface area (Å²) in [5, 5.41) is 4.19. The molecule has 110 valence electrons. The van der Waals surface area contributed by atoms with Crippen LogP contribution in [0.3, 0.4) is 0 Å². The van der Waals surface area contributed by atoms with E-state index in [1.807, 2.05) is 11.4 Å². The van der Waals surface area contributed by atoms with Gasteiger partial charge in [0.25, 0.3) is 0 Å². The van der Waals surface area contributed by atoms with Crippen molar-refractivity contribution < 1.29 is 23.9 Å². The third kappa shape index (κ3) is 5.00. The number of esters is 2. The van der Waals surface area contributed by atoms with Crippen LogP contribution in [0.5, 0.6) is 0 Å². The Morgan fingerprint density at radius 3 is 2.25 bits per heavy atom. The average molecular weight is 299 g/mol. The highest BCUT2D eigenvalue weighted by molar-refractivity contribution is 7.10. The molecular formula is C13H17NO5S. The van der Waals surface area contributed by atoms with E-state index in [0.717, 1.165) is 4.88 Å². The number of carbonyl (C=O) groups excluding carboxylic acids is 3. The van der Waals surface area contributed by atoms with Gasteiger partial charge in [-0.15, -0.1) is 11.3 Å². The lowest BCUT2D eigenvalue weighted by atomic mass is 10.2. The lowest BCUT2D eigenvalue weighted by Crippen LogP contribution is -2.48. The summed E-state index contributed by atoms with van der Waals surface area (Å²) in [5.41, 5.74) is 0. The fourth-order valence-corrected chi connectivity index (χ4v) is 2.15. The van der Waals surface area contributed by atoms with Crippen LogP contribution in [0.4, 0.5) is 0 Å². The minimum atomic E-state index is -1.41. The Bertz CT molecular complexity index is 439. The Kier molecular flexibility index (Phi) is 6.72. The van der Waals surface area contributed by atoms with Gasteiger partial charge in [-0.05, 0) is 25.3 Å². The molecule has 1 heterocycles. The molecule has 0 fully saturated rings. The number of nitrogens with one attached hydrogen (secondary N) is 1. The monoisotopic (exact) mass is 299 g/mol. The van der Waals surface area contributed by atoms with Crippen LogP contribution in [0, 0.1) is 0 Å². The highest BCUT2D eigenvalue weighted by Gasteiger charge is 2.31. The van der Waals surface area contributed by atoms with Crippen molar-refractivity contribution in [2.75, 3.05) is 13.2 Å². The molecule has 0 bridgehead atoms. The molecule has 6 nitrogen and oxygen atoms in total. The molecule has 0 unspecified atom stereocenters. The van der Waals surface area contributed by atoms with Gasteiger partial charge in [-0.25, -0.2) is 9.59 Å². The lowest BCUT2D eigenvalue weighted by molar-refractivity contribution is -0.159. The van der Waals surface area contributed by atoms with Gasteiger partial charge >= 0.3 is 11.9 Å². The zero-order valence-corrected chi connectivity index (χ0v) is 12.2. The predicted octanol–water partition coefficient (Wildman–Crippen LogP) is 0.902. The van der Waals surface area contributed by atoms with E-state index in [1.54, 1.807) is 19.9 Å². The fourth-order valence-electron chi connectivity index (χ4n) is 1.45. The standard InChI is InChI=1S/C13H17NO5S/c1-3-18-12(16)11(13(17)19-4-2)14-10(15)8-9-6-5-7-20-9/h5-7,11H,3-4,8H2,1-2H3,(H,14,15). The Labute approximate surface area is 121 Å². The maximum absolute atomic E-state index is 11.8. The molecule has 1 aromatic rings. The first-order chi connectivity index (χ1) is 9.58. The van der Waals surface area contributed by atoms with Gasteiger partial charge in [0, 0.05) is 4.88 Å². The second-order valence-corrected chi connectivity index (χ2v) is 4.79. The Hall–Kier alpha value is -1.89. The summed E-state index contributed by atoms with van der Waals surface area (Å²) in [7, 11) is 0. The molecule has 0 aliphatic rings. The van der Waals surface area contributed by atoms with Crippen LogP contribution in [0.1, 0.15) is 18.7 Å². The predicted molar refractivity (Wildman–Crippen MR) is 73.2 cm³/mol. The van der Waals surface area contributed by atoms with E-state index in [2.05, 4.69) is 5.32 Å². The molecule has 1 aromatic heterocycles. The summed E-state index contributed by atoms with van der Waals surface area (Å²) in [6, 6.07) is 2.21. The summed E-state index contributed by atoms with van der Waals surface area (Å²) >= 11 is 1.42. The van der Waals surface area contributed by atoms with Crippen molar-refractivity contribution in [2.24, 2.45) is 0 Å². The van der Waals surface area contributed by atoms with Crippen LogP contribution in [0.25, 0.3) is 0 Å². The number of thiophene rings is 1. The van der Waals surface area contributed by atoms with Crippen LogP contribution >= 0.6 is 11.3 Å². The van der Waals surface area contributed by atoms with Gasteiger partial charge in [0.1, 0.15) is 0 Å². The van der Waals surface area contributed by atoms with E-state index in [-0.39, 0.29) is 19.6 Å². The molecular weight excluding hydrogens is 282 g/mol.